The Hall–Kier alpha value is -2.20. The lowest BCUT2D eigenvalue weighted by Crippen LogP contribution is -2.52. The third-order valence-electron chi connectivity index (χ3n) is 5.48. The molecule has 0 spiro atoms. The van der Waals surface area contributed by atoms with E-state index in [0.717, 1.165) is 31.9 Å². The van der Waals surface area contributed by atoms with Gasteiger partial charge in [0.25, 0.3) is 0 Å². The van der Waals surface area contributed by atoms with Crippen molar-refractivity contribution in [3.63, 3.8) is 0 Å². The molecule has 0 N–H and O–H groups in total. The first-order valence-corrected chi connectivity index (χ1v) is 9.25. The van der Waals surface area contributed by atoms with Gasteiger partial charge in [0.2, 0.25) is 5.91 Å². The molecule has 0 radical (unpaired) electrons. The summed E-state index contributed by atoms with van der Waals surface area (Å²) in [6.45, 7) is 4.20. The molecule has 2 aliphatic heterocycles. The van der Waals surface area contributed by atoms with Crippen molar-refractivity contribution in [2.24, 2.45) is 0 Å². The smallest absolute Gasteiger partial charge is 0.236 e. The second kappa shape index (κ2) is 7.36. The minimum atomic E-state index is 0.265. The molecular weight excluding hydrogens is 310 g/mol. The zero-order chi connectivity index (χ0) is 17.1. The van der Waals surface area contributed by atoms with E-state index in [1.165, 1.54) is 18.4 Å². The van der Waals surface area contributed by atoms with Crippen molar-refractivity contribution in [2.75, 3.05) is 32.7 Å². The molecule has 2 aromatic rings. The highest BCUT2D eigenvalue weighted by molar-refractivity contribution is 5.79. The molecule has 0 unspecified atom stereocenters. The summed E-state index contributed by atoms with van der Waals surface area (Å²) in [6, 6.07) is 16.7. The van der Waals surface area contributed by atoms with Crippen LogP contribution in [-0.4, -0.2) is 53.4 Å². The molecule has 1 aromatic carbocycles. The van der Waals surface area contributed by atoms with Crippen LogP contribution in [0.5, 0.6) is 0 Å². The van der Waals surface area contributed by atoms with Gasteiger partial charge < -0.3 is 4.90 Å². The molecule has 2 fully saturated rings. The van der Waals surface area contributed by atoms with Crippen LogP contribution in [0, 0.1) is 0 Å². The predicted molar refractivity (Wildman–Crippen MR) is 98.4 cm³/mol. The molecule has 2 saturated heterocycles. The zero-order valence-corrected chi connectivity index (χ0v) is 14.6. The number of carbonyl (C=O) groups is 1. The number of aromatic nitrogens is 1. The monoisotopic (exact) mass is 335 g/mol. The van der Waals surface area contributed by atoms with Gasteiger partial charge in [-0.3, -0.25) is 14.7 Å². The average Bonchev–Trinajstić information content (AvgIpc) is 2.62. The van der Waals surface area contributed by atoms with E-state index in [1.807, 2.05) is 23.2 Å². The van der Waals surface area contributed by atoms with E-state index in [4.69, 9.17) is 0 Å². The molecule has 0 bridgehead atoms. The number of nitrogens with zero attached hydrogens (tertiary/aromatic N) is 3. The summed E-state index contributed by atoms with van der Waals surface area (Å²) in [6.07, 6.45) is 4.22. The Morgan fingerprint density at radius 3 is 2.56 bits per heavy atom. The highest BCUT2D eigenvalue weighted by Crippen LogP contribution is 2.28. The molecule has 4 rings (SSSR count). The van der Waals surface area contributed by atoms with E-state index in [0.29, 0.717) is 18.4 Å². The zero-order valence-electron chi connectivity index (χ0n) is 14.6. The van der Waals surface area contributed by atoms with Crippen molar-refractivity contribution in [3.05, 3.63) is 66.0 Å². The molecular formula is C21H25N3O. The Balaban J connectivity index is 1.28. The topological polar surface area (TPSA) is 36.4 Å². The molecule has 0 aliphatic carbocycles. The summed E-state index contributed by atoms with van der Waals surface area (Å²) >= 11 is 0. The van der Waals surface area contributed by atoms with Gasteiger partial charge in [0.1, 0.15) is 0 Å². The van der Waals surface area contributed by atoms with Crippen LogP contribution in [0.4, 0.5) is 0 Å². The Bertz CT molecular complexity index is 698. The van der Waals surface area contributed by atoms with E-state index in [9.17, 15) is 4.79 Å². The van der Waals surface area contributed by atoms with Crippen LogP contribution in [0.25, 0.3) is 0 Å². The van der Waals surface area contributed by atoms with E-state index >= 15 is 0 Å². The lowest BCUT2D eigenvalue weighted by atomic mass is 9.90. The van der Waals surface area contributed by atoms with Crippen molar-refractivity contribution >= 4 is 5.91 Å². The van der Waals surface area contributed by atoms with Crippen LogP contribution < -0.4 is 0 Å². The maximum absolute atomic E-state index is 12.6. The first kappa shape index (κ1) is 16.3. The molecule has 2 aliphatic rings. The molecule has 25 heavy (non-hydrogen) atoms. The fourth-order valence-electron chi connectivity index (χ4n) is 3.97. The third kappa shape index (κ3) is 3.74. The Labute approximate surface area is 149 Å². The summed E-state index contributed by atoms with van der Waals surface area (Å²) < 4.78 is 0. The number of likely N-dealkylation sites (tertiary alicyclic amines) is 2. The number of amides is 1. The van der Waals surface area contributed by atoms with Crippen LogP contribution in [0.3, 0.4) is 0 Å². The van der Waals surface area contributed by atoms with Crippen LogP contribution in [0.1, 0.15) is 35.9 Å². The highest BCUT2D eigenvalue weighted by Gasteiger charge is 2.33. The Morgan fingerprint density at radius 2 is 1.80 bits per heavy atom. The summed E-state index contributed by atoms with van der Waals surface area (Å²) in [7, 11) is 0. The molecule has 130 valence electrons. The second-order valence-corrected chi connectivity index (χ2v) is 7.24. The normalized spacial score (nSPS) is 21.8. The lowest BCUT2D eigenvalue weighted by molar-refractivity contribution is -0.137. The fraction of sp³-hybridized carbons (Fsp3) is 0.429. The van der Waals surface area contributed by atoms with E-state index < -0.39 is 0 Å². The number of hydrogen-bond acceptors (Lipinski definition) is 3. The van der Waals surface area contributed by atoms with Gasteiger partial charge in [-0.15, -0.1) is 0 Å². The Morgan fingerprint density at radius 1 is 1.00 bits per heavy atom. The van der Waals surface area contributed by atoms with Crippen molar-refractivity contribution in [1.29, 1.82) is 0 Å². The fourth-order valence-corrected chi connectivity index (χ4v) is 3.97. The van der Waals surface area contributed by atoms with Gasteiger partial charge in [0.05, 0.1) is 6.54 Å². The van der Waals surface area contributed by atoms with Gasteiger partial charge in [-0.2, -0.15) is 0 Å². The lowest BCUT2D eigenvalue weighted by Gasteiger charge is -2.41. The number of piperidine rings is 1. The van der Waals surface area contributed by atoms with Crippen LogP contribution in [-0.2, 0) is 4.79 Å². The molecule has 1 aromatic heterocycles. The predicted octanol–water partition coefficient (Wildman–Crippen LogP) is 2.89. The first-order chi connectivity index (χ1) is 12.3. The van der Waals surface area contributed by atoms with Gasteiger partial charge in [-0.25, -0.2) is 0 Å². The largest absolute Gasteiger partial charge is 0.340 e. The van der Waals surface area contributed by atoms with Gasteiger partial charge in [-0.05, 0) is 43.0 Å². The SMILES string of the molecule is O=C(CN1CCC[C@H](c2ccccc2)C1)N1CC(c2ccccn2)C1. The standard InChI is InChI=1S/C21H25N3O/c25-21(24-14-19(15-24)20-10-4-5-11-22-20)16-23-12-6-9-18(13-23)17-7-2-1-3-8-17/h1-5,7-8,10-11,18-19H,6,9,12-16H2/t18-/m0/s1. The number of hydrogen-bond donors (Lipinski definition) is 0. The minimum absolute atomic E-state index is 0.265. The van der Waals surface area contributed by atoms with E-state index in [2.05, 4.69) is 46.3 Å². The van der Waals surface area contributed by atoms with Gasteiger partial charge in [-0.1, -0.05) is 36.4 Å². The average molecular weight is 335 g/mol. The van der Waals surface area contributed by atoms with Gasteiger partial charge in [0.15, 0.2) is 0 Å². The highest BCUT2D eigenvalue weighted by atomic mass is 16.2. The molecule has 0 saturated carbocycles. The van der Waals surface area contributed by atoms with Crippen molar-refractivity contribution in [1.82, 2.24) is 14.8 Å². The number of carbonyl (C=O) groups excluding carboxylic acids is 1. The van der Waals surface area contributed by atoms with Crippen molar-refractivity contribution in [2.45, 2.75) is 24.7 Å². The van der Waals surface area contributed by atoms with E-state index in [1.54, 1.807) is 0 Å². The second-order valence-electron chi connectivity index (χ2n) is 7.24. The van der Waals surface area contributed by atoms with E-state index in [-0.39, 0.29) is 5.91 Å². The van der Waals surface area contributed by atoms with Crippen molar-refractivity contribution < 1.29 is 4.79 Å². The maximum atomic E-state index is 12.6. The number of pyridine rings is 1. The number of rotatable bonds is 4. The summed E-state index contributed by atoms with van der Waals surface area (Å²) in [4.78, 5) is 21.3. The summed E-state index contributed by atoms with van der Waals surface area (Å²) in [5, 5.41) is 0. The third-order valence-corrected chi connectivity index (χ3v) is 5.48. The molecule has 3 heterocycles. The first-order valence-electron chi connectivity index (χ1n) is 9.25. The molecule has 4 heteroatoms. The van der Waals surface area contributed by atoms with Gasteiger partial charge >= 0.3 is 0 Å². The summed E-state index contributed by atoms with van der Waals surface area (Å²) in [5.41, 5.74) is 2.51. The molecule has 4 nitrogen and oxygen atoms in total. The van der Waals surface area contributed by atoms with Crippen LogP contribution in [0.2, 0.25) is 0 Å². The van der Waals surface area contributed by atoms with Crippen molar-refractivity contribution in [3.8, 4) is 0 Å². The number of benzene rings is 1. The molecule has 1 amide bonds. The summed E-state index contributed by atoms with van der Waals surface area (Å²) in [5.74, 6) is 1.23. The Kier molecular flexibility index (Phi) is 4.79. The molecule has 1 atom stereocenters. The van der Waals surface area contributed by atoms with Crippen LogP contribution in [0.15, 0.2) is 54.7 Å². The minimum Gasteiger partial charge on any atom is -0.340 e. The maximum Gasteiger partial charge on any atom is 0.236 e. The van der Waals surface area contributed by atoms with Gasteiger partial charge in [0, 0.05) is 37.4 Å². The quantitative estimate of drug-likeness (QED) is 0.862. The van der Waals surface area contributed by atoms with Crippen LogP contribution >= 0.6 is 0 Å².